The van der Waals surface area contributed by atoms with Gasteiger partial charge in [0.25, 0.3) is 0 Å². The van der Waals surface area contributed by atoms with E-state index in [2.05, 4.69) is 38.1 Å². The number of aryl methyl sites for hydroxylation is 1. The Kier molecular flexibility index (Phi) is 8.06. The van der Waals surface area contributed by atoms with Gasteiger partial charge in [-0.05, 0) is 33.6 Å². The molecule has 0 radical (unpaired) electrons. The van der Waals surface area contributed by atoms with Crippen LogP contribution in [0.15, 0.2) is 11.3 Å². The summed E-state index contributed by atoms with van der Waals surface area (Å²) in [4.78, 5) is 16.6. The van der Waals surface area contributed by atoms with Crippen molar-refractivity contribution in [3.05, 3.63) is 12.2 Å². The molecule has 1 aromatic rings. The Hall–Kier alpha value is -2.12. The molecule has 0 saturated heterocycles. The molecular formula is C19H35N7O. The molecule has 1 aromatic heterocycles. The van der Waals surface area contributed by atoms with Gasteiger partial charge in [0.1, 0.15) is 18.7 Å². The molecular weight excluding hydrogens is 342 g/mol. The Morgan fingerprint density at radius 2 is 2.04 bits per heavy atom. The third-order valence-corrected chi connectivity index (χ3v) is 4.50. The molecule has 0 bridgehead atoms. The van der Waals surface area contributed by atoms with Crippen LogP contribution in [0.1, 0.15) is 65.6 Å². The Morgan fingerprint density at radius 3 is 2.70 bits per heavy atom. The molecule has 27 heavy (non-hydrogen) atoms. The minimum absolute atomic E-state index is 0.0701. The zero-order valence-corrected chi connectivity index (χ0v) is 17.2. The van der Waals surface area contributed by atoms with E-state index in [1.54, 1.807) is 6.33 Å². The average Bonchev–Trinajstić information content (AvgIpc) is 3.06. The molecule has 1 aliphatic carbocycles. The molecule has 1 amide bonds. The number of rotatable bonds is 7. The van der Waals surface area contributed by atoms with Gasteiger partial charge < -0.3 is 20.5 Å². The van der Waals surface area contributed by atoms with Gasteiger partial charge >= 0.3 is 0 Å². The number of carbonyl (C=O) groups excluding carboxylic acids is 1. The normalized spacial score (nSPS) is 16.2. The maximum Gasteiger partial charge on any atom is 0.242 e. The zero-order chi connectivity index (χ0) is 19.7. The summed E-state index contributed by atoms with van der Waals surface area (Å²) < 4.78 is 2.04. The van der Waals surface area contributed by atoms with Gasteiger partial charge in [-0.25, -0.2) is 4.99 Å². The van der Waals surface area contributed by atoms with Crippen molar-refractivity contribution in [3.63, 3.8) is 0 Å². The Labute approximate surface area is 162 Å². The van der Waals surface area contributed by atoms with Gasteiger partial charge in [-0.3, -0.25) is 4.79 Å². The highest BCUT2D eigenvalue weighted by molar-refractivity contribution is 5.85. The first kappa shape index (κ1) is 21.2. The van der Waals surface area contributed by atoms with Crippen LogP contribution in [0.5, 0.6) is 0 Å². The average molecular weight is 378 g/mol. The van der Waals surface area contributed by atoms with E-state index in [0.717, 1.165) is 31.6 Å². The lowest BCUT2D eigenvalue weighted by Gasteiger charge is -2.25. The summed E-state index contributed by atoms with van der Waals surface area (Å²) in [5.41, 5.74) is -0.248. The first-order valence-electron chi connectivity index (χ1n) is 10.1. The summed E-state index contributed by atoms with van der Waals surface area (Å²) in [6, 6.07) is 0.428. The molecule has 1 heterocycles. The van der Waals surface area contributed by atoms with E-state index in [-0.39, 0.29) is 18.0 Å². The molecule has 3 N–H and O–H groups in total. The van der Waals surface area contributed by atoms with Gasteiger partial charge in [-0.1, -0.05) is 26.2 Å². The van der Waals surface area contributed by atoms with Crippen molar-refractivity contribution in [1.82, 2.24) is 30.7 Å². The fourth-order valence-electron chi connectivity index (χ4n) is 3.24. The second-order valence-corrected chi connectivity index (χ2v) is 8.16. The van der Waals surface area contributed by atoms with Crippen molar-refractivity contribution in [1.29, 1.82) is 0 Å². The topological polar surface area (TPSA) is 96.2 Å². The van der Waals surface area contributed by atoms with Crippen molar-refractivity contribution in [2.45, 2.75) is 84.3 Å². The minimum Gasteiger partial charge on any atom is -0.355 e. The summed E-state index contributed by atoms with van der Waals surface area (Å²) in [6.45, 7) is 9.56. The second-order valence-electron chi connectivity index (χ2n) is 8.16. The fraction of sp³-hybridized carbons (Fsp3) is 0.789. The van der Waals surface area contributed by atoms with E-state index >= 15 is 0 Å². The van der Waals surface area contributed by atoms with Crippen LogP contribution < -0.4 is 16.0 Å². The molecule has 0 aromatic carbocycles. The molecule has 0 spiro atoms. The predicted molar refractivity (Wildman–Crippen MR) is 108 cm³/mol. The largest absolute Gasteiger partial charge is 0.355 e. The van der Waals surface area contributed by atoms with E-state index in [1.807, 2.05) is 25.3 Å². The molecule has 8 nitrogen and oxygen atoms in total. The number of amides is 1. The molecule has 152 valence electrons. The molecule has 8 heteroatoms. The number of hydrogen-bond acceptors (Lipinski definition) is 4. The Balaban J connectivity index is 1.91. The van der Waals surface area contributed by atoms with E-state index in [4.69, 9.17) is 0 Å². The molecule has 0 unspecified atom stereocenters. The molecule has 0 atom stereocenters. The smallest absolute Gasteiger partial charge is 0.242 e. The number of carbonyl (C=O) groups is 1. The summed E-state index contributed by atoms with van der Waals surface area (Å²) in [5.74, 6) is 1.61. The first-order valence-corrected chi connectivity index (χ1v) is 10.1. The summed E-state index contributed by atoms with van der Waals surface area (Å²) >= 11 is 0. The highest BCUT2D eigenvalue weighted by Gasteiger charge is 2.16. The highest BCUT2D eigenvalue weighted by Crippen LogP contribution is 2.17. The van der Waals surface area contributed by atoms with Crippen molar-refractivity contribution in [3.8, 4) is 0 Å². The maximum atomic E-state index is 12.1. The molecule has 1 aliphatic rings. The summed E-state index contributed by atoms with van der Waals surface area (Å²) in [5, 5.41) is 17.9. The number of aromatic nitrogens is 3. The van der Waals surface area contributed by atoms with Crippen molar-refractivity contribution < 1.29 is 4.79 Å². The highest BCUT2D eigenvalue weighted by atomic mass is 16.2. The van der Waals surface area contributed by atoms with Crippen LogP contribution in [0.25, 0.3) is 0 Å². The maximum absolute atomic E-state index is 12.1. The lowest BCUT2D eigenvalue weighted by Crippen LogP contribution is -2.46. The summed E-state index contributed by atoms with van der Waals surface area (Å²) in [7, 11) is 0. The lowest BCUT2D eigenvalue weighted by atomic mass is 9.96. The number of aliphatic imine (C=N–C) groups is 1. The summed E-state index contributed by atoms with van der Waals surface area (Å²) in [6.07, 6.45) is 8.71. The number of guanidine groups is 1. The molecule has 1 fully saturated rings. The molecule has 0 aliphatic heterocycles. The minimum atomic E-state index is -0.248. The Morgan fingerprint density at radius 1 is 1.30 bits per heavy atom. The van der Waals surface area contributed by atoms with Crippen molar-refractivity contribution in [2.75, 3.05) is 13.1 Å². The van der Waals surface area contributed by atoms with Gasteiger partial charge in [-0.15, -0.1) is 10.2 Å². The molecule has 1 saturated carbocycles. The fourth-order valence-corrected chi connectivity index (χ4v) is 3.24. The monoisotopic (exact) mass is 377 g/mol. The number of hydrogen-bond donors (Lipinski definition) is 3. The zero-order valence-electron chi connectivity index (χ0n) is 17.2. The number of nitrogens with one attached hydrogen (secondary N) is 3. The van der Waals surface area contributed by atoms with Crippen LogP contribution in [-0.4, -0.2) is 51.3 Å². The predicted octanol–water partition coefficient (Wildman–Crippen LogP) is 1.62. The van der Waals surface area contributed by atoms with Crippen LogP contribution in [0.3, 0.4) is 0 Å². The quantitative estimate of drug-likeness (QED) is 0.496. The third kappa shape index (κ3) is 7.97. The van der Waals surface area contributed by atoms with E-state index in [0.29, 0.717) is 18.5 Å². The van der Waals surface area contributed by atoms with Gasteiger partial charge in [0.2, 0.25) is 5.91 Å². The van der Waals surface area contributed by atoms with Crippen LogP contribution >= 0.6 is 0 Å². The van der Waals surface area contributed by atoms with Crippen molar-refractivity contribution >= 4 is 11.9 Å². The van der Waals surface area contributed by atoms with Crippen LogP contribution in [0, 0.1) is 0 Å². The van der Waals surface area contributed by atoms with Crippen LogP contribution in [0.4, 0.5) is 0 Å². The SMILES string of the molecule is CCc1nncn1CCNC(=NCC(=O)NC(C)(C)C)NC1CCCCC1. The van der Waals surface area contributed by atoms with Gasteiger partial charge in [0, 0.05) is 31.1 Å². The van der Waals surface area contributed by atoms with Gasteiger partial charge in [0.15, 0.2) is 5.96 Å². The number of nitrogens with zero attached hydrogens (tertiary/aromatic N) is 4. The first-order chi connectivity index (χ1) is 12.9. The van der Waals surface area contributed by atoms with Gasteiger partial charge in [0.05, 0.1) is 0 Å². The van der Waals surface area contributed by atoms with Crippen LogP contribution in [-0.2, 0) is 17.8 Å². The van der Waals surface area contributed by atoms with Crippen LogP contribution in [0.2, 0.25) is 0 Å². The van der Waals surface area contributed by atoms with Crippen molar-refractivity contribution in [2.24, 2.45) is 4.99 Å². The molecule has 2 rings (SSSR count). The third-order valence-electron chi connectivity index (χ3n) is 4.50. The van der Waals surface area contributed by atoms with E-state index in [1.165, 1.54) is 19.3 Å². The second kappa shape index (κ2) is 10.3. The van der Waals surface area contributed by atoms with Gasteiger partial charge in [-0.2, -0.15) is 0 Å². The lowest BCUT2D eigenvalue weighted by molar-refractivity contribution is -0.121. The Bertz CT molecular complexity index is 612. The van der Waals surface area contributed by atoms with E-state index < -0.39 is 0 Å². The standard InChI is InChI=1S/C19H35N7O/c1-5-16-25-22-14-26(16)12-11-20-18(23-15-9-7-6-8-10-15)21-13-17(27)24-19(2,3)4/h14-15H,5-13H2,1-4H3,(H,24,27)(H2,20,21,23). The van der Waals surface area contributed by atoms with E-state index in [9.17, 15) is 4.79 Å².